The third-order valence-electron chi connectivity index (χ3n) is 5.62. The highest BCUT2D eigenvalue weighted by Crippen LogP contribution is 2.50. The number of hydrogen-bond acceptors (Lipinski definition) is 4. The van der Waals surface area contributed by atoms with Crippen LogP contribution in [0.3, 0.4) is 0 Å². The van der Waals surface area contributed by atoms with E-state index in [2.05, 4.69) is 31.2 Å². The van der Waals surface area contributed by atoms with Crippen LogP contribution in [0.2, 0.25) is 0 Å². The second kappa shape index (κ2) is 5.55. The number of carbonyl (C=O) groups is 1. The first-order valence-corrected chi connectivity index (χ1v) is 9.82. The third-order valence-corrected chi connectivity index (χ3v) is 6.81. The maximum absolute atomic E-state index is 13.3. The summed E-state index contributed by atoms with van der Waals surface area (Å²) in [6.07, 6.45) is 5.39. The smallest absolute Gasteiger partial charge is 0.239 e. The van der Waals surface area contributed by atoms with Crippen LogP contribution in [-0.4, -0.2) is 17.9 Å². The summed E-state index contributed by atoms with van der Waals surface area (Å²) in [6, 6.07) is 10.3. The van der Waals surface area contributed by atoms with Gasteiger partial charge in [0, 0.05) is 23.9 Å². The zero-order valence-corrected chi connectivity index (χ0v) is 15.7. The summed E-state index contributed by atoms with van der Waals surface area (Å²) in [5.74, 6) is 1.15. The lowest BCUT2D eigenvalue weighted by atomic mass is 9.94. The average molecular weight is 364 g/mol. The van der Waals surface area contributed by atoms with Crippen LogP contribution < -0.4 is 4.90 Å². The predicted molar refractivity (Wildman–Crippen MR) is 103 cm³/mol. The molecule has 2 aliphatic rings. The topological polar surface area (TPSA) is 46.3 Å². The molecule has 2 aliphatic carbocycles. The number of aryl methyl sites for hydroxylation is 3. The van der Waals surface area contributed by atoms with E-state index in [-0.39, 0.29) is 11.3 Å². The maximum Gasteiger partial charge on any atom is 0.239 e. The lowest BCUT2D eigenvalue weighted by Gasteiger charge is -2.22. The first-order valence-electron chi connectivity index (χ1n) is 9.00. The molecule has 2 heterocycles. The largest absolute Gasteiger partial charge is 0.469 e. The van der Waals surface area contributed by atoms with Gasteiger partial charge in [-0.15, -0.1) is 11.3 Å². The Kier molecular flexibility index (Phi) is 3.38. The van der Waals surface area contributed by atoms with Crippen molar-refractivity contribution in [2.24, 2.45) is 0 Å². The molecule has 132 valence electrons. The van der Waals surface area contributed by atoms with Gasteiger partial charge in [0.2, 0.25) is 5.91 Å². The molecule has 4 nitrogen and oxygen atoms in total. The Bertz CT molecular complexity index is 995. The zero-order chi connectivity index (χ0) is 17.9. The highest BCUT2D eigenvalue weighted by molar-refractivity contribution is 7.16. The molecule has 0 atom stereocenters. The normalized spacial score (nSPS) is 16.7. The molecule has 5 rings (SSSR count). The van der Waals surface area contributed by atoms with Gasteiger partial charge in [-0.25, -0.2) is 4.98 Å². The molecule has 0 bridgehead atoms. The van der Waals surface area contributed by atoms with Crippen molar-refractivity contribution >= 4 is 22.4 Å². The first-order chi connectivity index (χ1) is 12.6. The average Bonchev–Trinajstić information content (AvgIpc) is 3.12. The Morgan fingerprint density at radius 2 is 1.96 bits per heavy atom. The number of benzene rings is 1. The van der Waals surface area contributed by atoms with Crippen molar-refractivity contribution in [3.05, 3.63) is 58.4 Å². The number of aromatic nitrogens is 1. The van der Waals surface area contributed by atoms with E-state index in [1.165, 1.54) is 10.4 Å². The number of nitrogens with zero attached hydrogens (tertiary/aromatic N) is 2. The van der Waals surface area contributed by atoms with Crippen molar-refractivity contribution in [2.45, 2.75) is 38.0 Å². The van der Waals surface area contributed by atoms with Crippen LogP contribution in [0.15, 0.2) is 41.0 Å². The SMILES string of the molecule is Cc1ccc(C2(C(=O)N(C)c3nc4c(s3)CCc3occc3-4)CC2)cc1. The van der Waals surface area contributed by atoms with Crippen molar-refractivity contribution < 1.29 is 9.21 Å². The van der Waals surface area contributed by atoms with Crippen LogP contribution in [0.1, 0.15) is 34.6 Å². The van der Waals surface area contributed by atoms with Crippen molar-refractivity contribution in [1.82, 2.24) is 4.98 Å². The molecule has 1 saturated carbocycles. The van der Waals surface area contributed by atoms with Crippen molar-refractivity contribution in [3.8, 4) is 11.3 Å². The van der Waals surface area contributed by atoms with E-state index >= 15 is 0 Å². The zero-order valence-electron chi connectivity index (χ0n) is 14.9. The fourth-order valence-electron chi connectivity index (χ4n) is 3.87. The van der Waals surface area contributed by atoms with E-state index in [0.29, 0.717) is 0 Å². The highest BCUT2D eigenvalue weighted by atomic mass is 32.1. The maximum atomic E-state index is 13.3. The van der Waals surface area contributed by atoms with Gasteiger partial charge >= 0.3 is 0 Å². The standard InChI is InChI=1S/C21H20N2O2S/c1-13-3-5-14(6-4-13)21(10-11-21)19(24)23(2)20-22-18-15-9-12-25-16(15)7-8-17(18)26-20/h3-6,9,12H,7-8,10-11H2,1-2H3. The van der Waals surface area contributed by atoms with Crippen LogP contribution in [0.5, 0.6) is 0 Å². The van der Waals surface area contributed by atoms with Gasteiger partial charge in [-0.1, -0.05) is 29.8 Å². The van der Waals surface area contributed by atoms with Crippen LogP contribution in [0.25, 0.3) is 11.3 Å². The number of thiazole rings is 1. The summed E-state index contributed by atoms with van der Waals surface area (Å²) in [7, 11) is 1.86. The quantitative estimate of drug-likeness (QED) is 0.687. The van der Waals surface area contributed by atoms with Crippen molar-refractivity contribution in [2.75, 3.05) is 11.9 Å². The fourth-order valence-corrected chi connectivity index (χ4v) is 4.90. The van der Waals surface area contributed by atoms with E-state index in [9.17, 15) is 4.79 Å². The number of carbonyl (C=O) groups excluding carboxylic acids is 1. The number of amides is 1. The Morgan fingerprint density at radius 1 is 1.19 bits per heavy atom. The minimum absolute atomic E-state index is 0.153. The first kappa shape index (κ1) is 15.8. The lowest BCUT2D eigenvalue weighted by molar-refractivity contribution is -0.120. The van der Waals surface area contributed by atoms with Crippen LogP contribution in [0, 0.1) is 6.92 Å². The van der Waals surface area contributed by atoms with Gasteiger partial charge in [0.1, 0.15) is 5.76 Å². The van der Waals surface area contributed by atoms with Gasteiger partial charge in [-0.05, 0) is 37.8 Å². The molecule has 26 heavy (non-hydrogen) atoms. The molecule has 0 N–H and O–H groups in total. The van der Waals surface area contributed by atoms with E-state index in [4.69, 9.17) is 9.40 Å². The van der Waals surface area contributed by atoms with Crippen LogP contribution in [-0.2, 0) is 23.1 Å². The Balaban J connectivity index is 1.47. The van der Waals surface area contributed by atoms with E-state index in [0.717, 1.165) is 53.4 Å². The molecule has 1 aromatic carbocycles. The van der Waals surface area contributed by atoms with Gasteiger partial charge in [0.15, 0.2) is 5.13 Å². The van der Waals surface area contributed by atoms with E-state index in [1.807, 2.05) is 13.1 Å². The van der Waals surface area contributed by atoms with Gasteiger partial charge in [0.25, 0.3) is 0 Å². The Labute approximate surface area is 156 Å². The predicted octanol–water partition coefficient (Wildman–Crippen LogP) is 4.50. The van der Waals surface area contributed by atoms with Crippen molar-refractivity contribution in [1.29, 1.82) is 0 Å². The number of anilines is 1. The fraction of sp³-hybridized carbons (Fsp3) is 0.333. The number of likely N-dealkylation sites (N-methyl/N-ethyl adjacent to an activating group) is 1. The molecular weight excluding hydrogens is 344 g/mol. The number of fused-ring (bicyclic) bond motifs is 3. The monoisotopic (exact) mass is 364 g/mol. The van der Waals surface area contributed by atoms with Crippen LogP contribution in [0.4, 0.5) is 5.13 Å². The van der Waals surface area contributed by atoms with Crippen molar-refractivity contribution in [3.63, 3.8) is 0 Å². The summed E-state index contributed by atoms with van der Waals surface area (Å²) >= 11 is 1.63. The summed E-state index contributed by atoms with van der Waals surface area (Å²) in [5.41, 5.74) is 4.04. The molecule has 0 unspecified atom stereocenters. The second-order valence-corrected chi connectivity index (χ2v) is 8.40. The molecule has 3 aromatic rings. The molecule has 2 aromatic heterocycles. The number of hydrogen-bond donors (Lipinski definition) is 0. The summed E-state index contributed by atoms with van der Waals surface area (Å²) in [5, 5.41) is 0.785. The van der Waals surface area contributed by atoms with E-state index < -0.39 is 0 Å². The molecule has 0 aliphatic heterocycles. The number of furan rings is 1. The molecule has 1 fully saturated rings. The number of rotatable bonds is 3. The Hall–Kier alpha value is -2.40. The van der Waals surface area contributed by atoms with Crippen LogP contribution >= 0.6 is 11.3 Å². The molecule has 5 heteroatoms. The van der Waals surface area contributed by atoms with Gasteiger partial charge < -0.3 is 4.42 Å². The molecule has 0 saturated heterocycles. The van der Waals surface area contributed by atoms with Gasteiger partial charge in [0.05, 0.1) is 17.4 Å². The molecule has 1 amide bonds. The minimum atomic E-state index is -0.366. The molecular formula is C21H20N2O2S. The summed E-state index contributed by atoms with van der Waals surface area (Å²) in [6.45, 7) is 2.07. The minimum Gasteiger partial charge on any atom is -0.469 e. The lowest BCUT2D eigenvalue weighted by Crippen LogP contribution is -2.36. The van der Waals surface area contributed by atoms with Gasteiger partial charge in [-0.3, -0.25) is 9.69 Å². The third kappa shape index (κ3) is 2.27. The molecule has 0 spiro atoms. The van der Waals surface area contributed by atoms with E-state index in [1.54, 1.807) is 22.5 Å². The molecule has 0 radical (unpaired) electrons. The highest BCUT2D eigenvalue weighted by Gasteiger charge is 2.53. The Morgan fingerprint density at radius 3 is 2.69 bits per heavy atom. The summed E-state index contributed by atoms with van der Waals surface area (Å²) < 4.78 is 5.55. The summed E-state index contributed by atoms with van der Waals surface area (Å²) in [4.78, 5) is 21.1. The van der Waals surface area contributed by atoms with Gasteiger partial charge in [-0.2, -0.15) is 0 Å². The second-order valence-electron chi connectivity index (χ2n) is 7.34.